The maximum absolute atomic E-state index is 2.73. The van der Waals surface area contributed by atoms with Gasteiger partial charge in [-0.3, -0.25) is 0 Å². The average Bonchev–Trinajstić information content (AvgIpc) is 2.89. The van der Waals surface area contributed by atoms with E-state index in [1.807, 2.05) is 0 Å². The molecule has 0 aromatic heterocycles. The predicted octanol–water partition coefficient (Wildman–Crippen LogP) is 7.43. The van der Waals surface area contributed by atoms with E-state index in [4.69, 9.17) is 0 Å². The van der Waals surface area contributed by atoms with Crippen LogP contribution in [0.15, 0.2) is 0 Å². The molecular formula is C25H44. The lowest BCUT2D eigenvalue weighted by molar-refractivity contribution is -0.162. The maximum atomic E-state index is 2.73. The van der Waals surface area contributed by atoms with Crippen LogP contribution < -0.4 is 0 Å². The van der Waals surface area contributed by atoms with Crippen molar-refractivity contribution in [2.24, 2.45) is 64.1 Å². The molecule has 4 saturated carbocycles. The summed E-state index contributed by atoms with van der Waals surface area (Å²) in [6.45, 7) is 18.3. The lowest BCUT2D eigenvalue weighted by Crippen LogP contribution is -2.58. The SMILES string of the molecule is CC1CC[C@@]2(C)C(C1)CC(C)[C@H]1[C@@H]3CC[C@H](C(C)C)[C@@]3(C)C(C)C[C@@H]12. The second-order valence-corrected chi connectivity index (χ2v) is 12.0. The minimum Gasteiger partial charge on any atom is -0.0625 e. The van der Waals surface area contributed by atoms with Gasteiger partial charge in [0.2, 0.25) is 0 Å². The fraction of sp³-hybridized carbons (Fsp3) is 1.00. The van der Waals surface area contributed by atoms with E-state index in [2.05, 4.69) is 48.5 Å². The van der Waals surface area contributed by atoms with Crippen molar-refractivity contribution < 1.29 is 0 Å². The molecule has 4 fully saturated rings. The molecule has 4 aliphatic rings. The molecule has 0 amide bonds. The summed E-state index contributed by atoms with van der Waals surface area (Å²) in [5.74, 6) is 8.79. The highest BCUT2D eigenvalue weighted by molar-refractivity contribution is 5.12. The Bertz CT molecular complexity index is 506. The van der Waals surface area contributed by atoms with Crippen LogP contribution in [-0.2, 0) is 0 Å². The lowest BCUT2D eigenvalue weighted by Gasteiger charge is -2.65. The van der Waals surface area contributed by atoms with Gasteiger partial charge in [-0.2, -0.15) is 0 Å². The highest BCUT2D eigenvalue weighted by Crippen LogP contribution is 2.70. The van der Waals surface area contributed by atoms with Crippen molar-refractivity contribution in [2.45, 2.75) is 93.4 Å². The van der Waals surface area contributed by atoms with Gasteiger partial charge in [-0.15, -0.1) is 0 Å². The van der Waals surface area contributed by atoms with E-state index in [1.165, 1.54) is 44.9 Å². The lowest BCUT2D eigenvalue weighted by atomic mass is 9.40. The Kier molecular flexibility index (Phi) is 4.41. The third kappa shape index (κ3) is 2.44. The number of rotatable bonds is 1. The molecule has 0 spiro atoms. The van der Waals surface area contributed by atoms with Crippen LogP contribution in [0.3, 0.4) is 0 Å². The first kappa shape index (κ1) is 18.4. The molecule has 0 heteroatoms. The zero-order valence-electron chi connectivity index (χ0n) is 18.1. The van der Waals surface area contributed by atoms with E-state index in [0.717, 1.165) is 53.3 Å². The fourth-order valence-corrected chi connectivity index (χ4v) is 9.31. The Morgan fingerprint density at radius 2 is 1.56 bits per heavy atom. The highest BCUT2D eigenvalue weighted by Gasteiger charge is 2.63. The van der Waals surface area contributed by atoms with Crippen molar-refractivity contribution in [3.8, 4) is 0 Å². The smallest absolute Gasteiger partial charge is 0.0238 e. The molecule has 4 rings (SSSR count). The summed E-state index contributed by atoms with van der Waals surface area (Å²) >= 11 is 0. The van der Waals surface area contributed by atoms with Gasteiger partial charge in [-0.1, -0.05) is 54.9 Å². The van der Waals surface area contributed by atoms with Gasteiger partial charge in [0.05, 0.1) is 0 Å². The predicted molar refractivity (Wildman–Crippen MR) is 108 cm³/mol. The molecule has 0 bridgehead atoms. The quantitative estimate of drug-likeness (QED) is 0.464. The first-order valence-electron chi connectivity index (χ1n) is 11.7. The first-order chi connectivity index (χ1) is 11.7. The topological polar surface area (TPSA) is 0 Å². The second kappa shape index (κ2) is 6.00. The van der Waals surface area contributed by atoms with E-state index in [0.29, 0.717) is 10.8 Å². The summed E-state index contributed by atoms with van der Waals surface area (Å²) < 4.78 is 0. The van der Waals surface area contributed by atoms with Crippen molar-refractivity contribution in [1.82, 2.24) is 0 Å². The average molecular weight is 345 g/mol. The van der Waals surface area contributed by atoms with Gasteiger partial charge in [0.1, 0.15) is 0 Å². The molecule has 10 atom stereocenters. The standard InChI is InChI=1S/C25H44/c1-15(2)20-8-9-21-23-17(4)13-19-12-16(3)10-11-24(19,6)22(23)14-18(5)25(20,21)7/h15-23H,8-14H2,1-7H3/t16?,17?,18?,19?,20-,21+,22+,23+,24+,25-/m1/s1. The van der Waals surface area contributed by atoms with Crippen LogP contribution in [0.5, 0.6) is 0 Å². The van der Waals surface area contributed by atoms with Gasteiger partial charge in [0.25, 0.3) is 0 Å². The third-order valence-corrected chi connectivity index (χ3v) is 10.7. The summed E-state index contributed by atoms with van der Waals surface area (Å²) in [5, 5.41) is 0. The van der Waals surface area contributed by atoms with Crippen molar-refractivity contribution in [3.63, 3.8) is 0 Å². The van der Waals surface area contributed by atoms with E-state index in [-0.39, 0.29) is 0 Å². The normalized spacial score (nSPS) is 58.6. The van der Waals surface area contributed by atoms with Crippen LogP contribution in [0, 0.1) is 64.1 Å². The van der Waals surface area contributed by atoms with Crippen molar-refractivity contribution in [1.29, 1.82) is 0 Å². The van der Waals surface area contributed by atoms with Gasteiger partial charge in [0.15, 0.2) is 0 Å². The molecular weight excluding hydrogens is 300 g/mol. The monoisotopic (exact) mass is 344 g/mol. The minimum absolute atomic E-state index is 0.620. The van der Waals surface area contributed by atoms with Gasteiger partial charge in [-0.05, 0) is 103 Å². The summed E-state index contributed by atoms with van der Waals surface area (Å²) in [7, 11) is 0. The highest BCUT2D eigenvalue weighted by atomic mass is 14.7. The van der Waals surface area contributed by atoms with Crippen molar-refractivity contribution in [3.05, 3.63) is 0 Å². The van der Waals surface area contributed by atoms with Crippen LogP contribution in [0.1, 0.15) is 93.4 Å². The maximum Gasteiger partial charge on any atom is -0.0238 e. The Balaban J connectivity index is 1.70. The molecule has 25 heavy (non-hydrogen) atoms. The van der Waals surface area contributed by atoms with E-state index in [9.17, 15) is 0 Å². The zero-order valence-corrected chi connectivity index (χ0v) is 18.1. The Hall–Kier alpha value is 0. The van der Waals surface area contributed by atoms with Crippen molar-refractivity contribution in [2.75, 3.05) is 0 Å². The molecule has 4 unspecified atom stereocenters. The molecule has 0 nitrogen and oxygen atoms in total. The van der Waals surface area contributed by atoms with Crippen LogP contribution in [0.2, 0.25) is 0 Å². The van der Waals surface area contributed by atoms with Crippen LogP contribution >= 0.6 is 0 Å². The second-order valence-electron chi connectivity index (χ2n) is 12.0. The molecule has 0 aromatic rings. The van der Waals surface area contributed by atoms with Crippen LogP contribution in [-0.4, -0.2) is 0 Å². The van der Waals surface area contributed by atoms with Gasteiger partial charge in [-0.25, -0.2) is 0 Å². The van der Waals surface area contributed by atoms with E-state index in [1.54, 1.807) is 0 Å². The molecule has 0 aliphatic heterocycles. The summed E-state index contributed by atoms with van der Waals surface area (Å²) in [4.78, 5) is 0. The number of fused-ring (bicyclic) bond motifs is 5. The Morgan fingerprint density at radius 3 is 2.24 bits per heavy atom. The van der Waals surface area contributed by atoms with Gasteiger partial charge < -0.3 is 0 Å². The molecule has 0 N–H and O–H groups in total. The third-order valence-electron chi connectivity index (χ3n) is 10.7. The molecule has 0 radical (unpaired) electrons. The number of hydrogen-bond acceptors (Lipinski definition) is 0. The van der Waals surface area contributed by atoms with Crippen molar-refractivity contribution >= 4 is 0 Å². The molecule has 0 aromatic carbocycles. The molecule has 4 aliphatic carbocycles. The molecule has 0 heterocycles. The Labute approximate surface area is 157 Å². The minimum atomic E-state index is 0.620. The summed E-state index contributed by atoms with van der Waals surface area (Å²) in [6.07, 6.45) is 10.7. The largest absolute Gasteiger partial charge is 0.0625 e. The zero-order chi connectivity index (χ0) is 18.1. The van der Waals surface area contributed by atoms with Crippen LogP contribution in [0.25, 0.3) is 0 Å². The molecule has 144 valence electrons. The van der Waals surface area contributed by atoms with Gasteiger partial charge >= 0.3 is 0 Å². The summed E-state index contributed by atoms with van der Waals surface area (Å²) in [6, 6.07) is 0. The Morgan fingerprint density at radius 1 is 0.840 bits per heavy atom. The number of hydrogen-bond donors (Lipinski definition) is 0. The van der Waals surface area contributed by atoms with E-state index < -0.39 is 0 Å². The first-order valence-corrected chi connectivity index (χ1v) is 11.7. The van der Waals surface area contributed by atoms with Gasteiger partial charge in [0, 0.05) is 0 Å². The summed E-state index contributed by atoms with van der Waals surface area (Å²) in [5.41, 5.74) is 1.28. The molecule has 0 saturated heterocycles. The van der Waals surface area contributed by atoms with Crippen LogP contribution in [0.4, 0.5) is 0 Å². The van der Waals surface area contributed by atoms with E-state index >= 15 is 0 Å². The fourth-order valence-electron chi connectivity index (χ4n) is 9.31.